The van der Waals surface area contributed by atoms with Crippen molar-refractivity contribution in [3.63, 3.8) is 0 Å². The molecule has 1 N–H and O–H groups in total. The zero-order valence-corrected chi connectivity index (χ0v) is 15.4. The van der Waals surface area contributed by atoms with Gasteiger partial charge in [-0.3, -0.25) is 4.79 Å². The molecule has 0 unspecified atom stereocenters. The van der Waals surface area contributed by atoms with Crippen molar-refractivity contribution in [2.24, 2.45) is 0 Å². The van der Waals surface area contributed by atoms with Crippen LogP contribution in [0.15, 0.2) is 28.7 Å². The number of hydrogen-bond acceptors (Lipinski definition) is 4. The fraction of sp³-hybridized carbons (Fsp3) is 0.474. The molecule has 0 saturated carbocycles. The fourth-order valence-corrected chi connectivity index (χ4v) is 2.29. The second-order valence-corrected chi connectivity index (χ2v) is 7.27. The van der Waals surface area contributed by atoms with E-state index in [1.54, 1.807) is 0 Å². The minimum Gasteiger partial charge on any atom is -0.445 e. The van der Waals surface area contributed by atoms with Crippen LogP contribution in [0.4, 0.5) is 11.4 Å². The summed E-state index contributed by atoms with van der Waals surface area (Å²) in [6.07, 6.45) is 0.917. The predicted molar refractivity (Wildman–Crippen MR) is 97.7 cm³/mol. The Labute approximate surface area is 144 Å². The Kier molecular flexibility index (Phi) is 5.32. The van der Waals surface area contributed by atoms with Crippen LogP contribution < -0.4 is 10.2 Å². The lowest BCUT2D eigenvalue weighted by molar-refractivity contribution is -0.116. The topological polar surface area (TPSA) is 58.4 Å². The van der Waals surface area contributed by atoms with Gasteiger partial charge in [0.25, 0.3) is 0 Å². The van der Waals surface area contributed by atoms with Crippen LogP contribution >= 0.6 is 0 Å². The number of oxazole rings is 1. The molecule has 24 heavy (non-hydrogen) atoms. The van der Waals surface area contributed by atoms with Crippen molar-refractivity contribution in [3.8, 4) is 0 Å². The highest BCUT2D eigenvalue weighted by atomic mass is 16.4. The number of hydrogen-bond donors (Lipinski definition) is 1. The van der Waals surface area contributed by atoms with Crippen LogP contribution in [0.3, 0.4) is 0 Å². The van der Waals surface area contributed by atoms with E-state index in [4.69, 9.17) is 4.42 Å². The van der Waals surface area contributed by atoms with Crippen LogP contribution in [-0.4, -0.2) is 25.0 Å². The van der Waals surface area contributed by atoms with E-state index < -0.39 is 0 Å². The Bertz CT molecular complexity index is 712. The number of nitrogens with zero attached hydrogens (tertiary/aromatic N) is 2. The van der Waals surface area contributed by atoms with Gasteiger partial charge in [0.1, 0.15) is 5.76 Å². The molecule has 2 rings (SSSR count). The Morgan fingerprint density at radius 2 is 2.00 bits per heavy atom. The van der Waals surface area contributed by atoms with Crippen molar-refractivity contribution in [2.75, 3.05) is 24.3 Å². The van der Waals surface area contributed by atoms with Gasteiger partial charge in [0.05, 0.1) is 5.69 Å². The van der Waals surface area contributed by atoms with E-state index in [1.165, 1.54) is 0 Å². The van der Waals surface area contributed by atoms with Gasteiger partial charge in [0, 0.05) is 43.7 Å². The third kappa shape index (κ3) is 4.60. The van der Waals surface area contributed by atoms with Gasteiger partial charge in [0.15, 0.2) is 5.89 Å². The maximum Gasteiger partial charge on any atom is 0.224 e. The largest absolute Gasteiger partial charge is 0.445 e. The number of nitrogens with one attached hydrogen (secondary N) is 1. The molecule has 0 aliphatic heterocycles. The summed E-state index contributed by atoms with van der Waals surface area (Å²) in [5.41, 5.74) is 2.59. The average Bonchev–Trinajstić information content (AvgIpc) is 2.87. The highest BCUT2D eigenvalue weighted by molar-refractivity contribution is 5.91. The van der Waals surface area contributed by atoms with Gasteiger partial charge < -0.3 is 14.6 Å². The average molecular weight is 329 g/mol. The number of carbonyl (C=O) groups is 1. The molecule has 1 amide bonds. The first-order chi connectivity index (χ1) is 11.2. The molecule has 1 aromatic heterocycles. The van der Waals surface area contributed by atoms with Crippen molar-refractivity contribution in [1.29, 1.82) is 0 Å². The smallest absolute Gasteiger partial charge is 0.224 e. The molecule has 0 aliphatic rings. The fourth-order valence-electron chi connectivity index (χ4n) is 2.29. The normalized spacial score (nSPS) is 11.4. The second kappa shape index (κ2) is 7.07. The molecule has 0 radical (unpaired) electrons. The van der Waals surface area contributed by atoms with Crippen LogP contribution in [-0.2, 0) is 16.6 Å². The number of carbonyl (C=O) groups excluding carboxylic acids is 1. The van der Waals surface area contributed by atoms with Gasteiger partial charge in [0.2, 0.25) is 5.91 Å². The lowest BCUT2D eigenvalue weighted by atomic mass is 9.97. The van der Waals surface area contributed by atoms with E-state index in [0.717, 1.165) is 22.8 Å². The zero-order chi connectivity index (χ0) is 17.9. The highest BCUT2D eigenvalue weighted by Crippen LogP contribution is 2.24. The summed E-state index contributed by atoms with van der Waals surface area (Å²) in [6.45, 7) is 8.11. The SMILES string of the molecule is Cc1nc(C(C)(C)C)oc1CCC(=O)Nc1cccc(N(C)C)c1. The van der Waals surface area contributed by atoms with Gasteiger partial charge in [-0.15, -0.1) is 0 Å². The van der Waals surface area contributed by atoms with Crippen LogP contribution in [0.25, 0.3) is 0 Å². The standard InChI is InChI=1S/C19H27N3O2/c1-13-16(24-18(20-13)19(2,3)4)10-11-17(23)21-14-8-7-9-15(12-14)22(5)6/h7-9,12H,10-11H2,1-6H3,(H,21,23). The lowest BCUT2D eigenvalue weighted by Gasteiger charge is -2.14. The number of aromatic nitrogens is 1. The molecule has 0 bridgehead atoms. The summed E-state index contributed by atoms with van der Waals surface area (Å²) in [7, 11) is 3.95. The minimum absolute atomic E-state index is 0.0287. The molecule has 5 heteroatoms. The van der Waals surface area contributed by atoms with Crippen LogP contribution in [0, 0.1) is 6.92 Å². The Hall–Kier alpha value is -2.30. The Morgan fingerprint density at radius 1 is 1.29 bits per heavy atom. The second-order valence-electron chi connectivity index (χ2n) is 7.27. The summed E-state index contributed by atoms with van der Waals surface area (Å²) < 4.78 is 5.83. The van der Waals surface area contributed by atoms with Crippen molar-refractivity contribution < 1.29 is 9.21 Å². The number of amides is 1. The van der Waals surface area contributed by atoms with Crippen molar-refractivity contribution >= 4 is 17.3 Å². The first-order valence-electron chi connectivity index (χ1n) is 8.21. The lowest BCUT2D eigenvalue weighted by Crippen LogP contribution is -2.14. The van der Waals surface area contributed by atoms with E-state index in [1.807, 2.05) is 50.2 Å². The van der Waals surface area contributed by atoms with Crippen molar-refractivity contribution in [1.82, 2.24) is 4.98 Å². The first kappa shape index (κ1) is 18.0. The van der Waals surface area contributed by atoms with Gasteiger partial charge in [-0.2, -0.15) is 0 Å². The summed E-state index contributed by atoms with van der Waals surface area (Å²) >= 11 is 0. The van der Waals surface area contributed by atoms with Crippen LogP contribution in [0.5, 0.6) is 0 Å². The van der Waals surface area contributed by atoms with Gasteiger partial charge >= 0.3 is 0 Å². The molecular weight excluding hydrogens is 302 g/mol. The van der Waals surface area contributed by atoms with E-state index in [9.17, 15) is 4.79 Å². The highest BCUT2D eigenvalue weighted by Gasteiger charge is 2.22. The summed E-state index contributed by atoms with van der Waals surface area (Å²) in [5, 5.41) is 2.94. The third-order valence-electron chi connectivity index (χ3n) is 3.76. The van der Waals surface area contributed by atoms with Crippen LogP contribution in [0.1, 0.15) is 44.5 Å². The molecule has 0 saturated heterocycles. The van der Waals surface area contributed by atoms with E-state index in [2.05, 4.69) is 31.1 Å². The van der Waals surface area contributed by atoms with Crippen LogP contribution in [0.2, 0.25) is 0 Å². The molecule has 130 valence electrons. The molecule has 1 heterocycles. The van der Waals surface area contributed by atoms with Crippen molar-refractivity contribution in [3.05, 3.63) is 41.6 Å². The van der Waals surface area contributed by atoms with Gasteiger partial charge in [-0.25, -0.2) is 4.98 Å². The summed E-state index contributed by atoms with van der Waals surface area (Å²) in [6, 6.07) is 7.78. The molecule has 2 aromatic rings. The quantitative estimate of drug-likeness (QED) is 0.903. The van der Waals surface area contributed by atoms with Gasteiger partial charge in [-0.05, 0) is 25.1 Å². The van der Waals surface area contributed by atoms with Crippen molar-refractivity contribution in [2.45, 2.75) is 46.0 Å². The molecular formula is C19H27N3O2. The van der Waals surface area contributed by atoms with E-state index in [0.29, 0.717) is 18.7 Å². The number of benzene rings is 1. The predicted octanol–water partition coefficient (Wildman–Crippen LogP) is 3.92. The monoisotopic (exact) mass is 329 g/mol. The number of rotatable bonds is 5. The zero-order valence-electron chi connectivity index (χ0n) is 15.4. The first-order valence-corrected chi connectivity index (χ1v) is 8.21. The third-order valence-corrected chi connectivity index (χ3v) is 3.76. The maximum atomic E-state index is 12.2. The molecule has 0 fully saturated rings. The number of anilines is 2. The number of aryl methyl sites for hydroxylation is 2. The Balaban J connectivity index is 1.96. The maximum absolute atomic E-state index is 12.2. The molecule has 0 atom stereocenters. The molecule has 5 nitrogen and oxygen atoms in total. The van der Waals surface area contributed by atoms with E-state index in [-0.39, 0.29) is 11.3 Å². The molecule has 0 aliphatic carbocycles. The minimum atomic E-state index is -0.127. The Morgan fingerprint density at radius 3 is 2.58 bits per heavy atom. The van der Waals surface area contributed by atoms with E-state index >= 15 is 0 Å². The summed E-state index contributed by atoms with van der Waals surface area (Å²) in [4.78, 5) is 18.7. The van der Waals surface area contributed by atoms with Gasteiger partial charge in [-0.1, -0.05) is 26.8 Å². The molecule has 1 aromatic carbocycles. The summed E-state index contributed by atoms with van der Waals surface area (Å²) in [5.74, 6) is 1.48. The molecule has 0 spiro atoms.